The number of nitrogens with zero attached hydrogens (tertiary/aromatic N) is 2. The van der Waals surface area contributed by atoms with Crippen LogP contribution in [0, 0.1) is 0 Å². The molecule has 1 atom stereocenters. The van der Waals surface area contributed by atoms with E-state index in [1.165, 1.54) is 28.2 Å². The number of halogens is 3. The van der Waals surface area contributed by atoms with Crippen LogP contribution in [0.25, 0.3) is 0 Å². The van der Waals surface area contributed by atoms with Gasteiger partial charge in [-0.1, -0.05) is 12.1 Å². The molecular formula is C13H15F3N2O2. The molecule has 1 amide bonds. The van der Waals surface area contributed by atoms with E-state index in [0.717, 1.165) is 6.07 Å². The molecule has 1 unspecified atom stereocenters. The fourth-order valence-electron chi connectivity index (χ4n) is 2.41. The minimum absolute atomic E-state index is 0.0185. The van der Waals surface area contributed by atoms with E-state index in [2.05, 4.69) is 0 Å². The Bertz CT molecular complexity index is 505. The summed E-state index contributed by atoms with van der Waals surface area (Å²) in [7, 11) is 0. The Balaban J connectivity index is 2.46. The predicted octanol–water partition coefficient (Wildman–Crippen LogP) is 2.04. The zero-order valence-corrected chi connectivity index (χ0v) is 10.9. The first-order chi connectivity index (χ1) is 9.36. The quantitative estimate of drug-likeness (QED) is 0.925. The lowest BCUT2D eigenvalue weighted by Gasteiger charge is -2.34. The topological polar surface area (TPSA) is 43.8 Å². The van der Waals surface area contributed by atoms with E-state index in [1.807, 2.05) is 0 Å². The van der Waals surface area contributed by atoms with Crippen LogP contribution in [0.2, 0.25) is 0 Å². The molecule has 0 aliphatic carbocycles. The van der Waals surface area contributed by atoms with Gasteiger partial charge in [0.25, 0.3) is 0 Å². The van der Waals surface area contributed by atoms with Crippen molar-refractivity contribution in [1.29, 1.82) is 0 Å². The fraction of sp³-hybridized carbons (Fsp3) is 0.462. The Hall–Kier alpha value is -1.76. The van der Waals surface area contributed by atoms with Crippen LogP contribution in [0.5, 0.6) is 0 Å². The van der Waals surface area contributed by atoms with Crippen LogP contribution in [0.15, 0.2) is 24.3 Å². The number of hydrogen-bond acceptors (Lipinski definition) is 3. The lowest BCUT2D eigenvalue weighted by molar-refractivity contribution is -0.138. The van der Waals surface area contributed by atoms with Crippen molar-refractivity contribution in [1.82, 2.24) is 5.01 Å². The first-order valence-corrected chi connectivity index (χ1v) is 6.23. The van der Waals surface area contributed by atoms with Crippen molar-refractivity contribution in [2.75, 3.05) is 18.2 Å². The molecule has 1 saturated heterocycles. The minimum atomic E-state index is -4.49. The number of aliphatic hydroxyl groups is 1. The number of carbonyl (C=O) groups excluding carboxylic acids is 1. The Morgan fingerprint density at radius 1 is 1.35 bits per heavy atom. The Morgan fingerprint density at radius 2 is 2.00 bits per heavy atom. The van der Waals surface area contributed by atoms with E-state index < -0.39 is 11.7 Å². The van der Waals surface area contributed by atoms with Crippen LogP contribution >= 0.6 is 0 Å². The second kappa shape index (κ2) is 5.32. The molecule has 1 aliphatic heterocycles. The van der Waals surface area contributed by atoms with E-state index in [1.54, 1.807) is 6.92 Å². The summed E-state index contributed by atoms with van der Waals surface area (Å²) in [6, 6.07) is 4.75. The van der Waals surface area contributed by atoms with E-state index in [4.69, 9.17) is 5.11 Å². The Labute approximate surface area is 114 Å². The summed E-state index contributed by atoms with van der Waals surface area (Å²) in [5, 5.41) is 11.5. The van der Waals surface area contributed by atoms with Gasteiger partial charge in [0.15, 0.2) is 0 Å². The van der Waals surface area contributed by atoms with Gasteiger partial charge in [0.05, 0.1) is 36.9 Å². The van der Waals surface area contributed by atoms with Crippen molar-refractivity contribution in [2.24, 2.45) is 0 Å². The third-order valence-electron chi connectivity index (χ3n) is 3.20. The number of alkyl halides is 3. The molecule has 2 rings (SSSR count). The highest BCUT2D eigenvalue weighted by molar-refractivity contribution is 5.83. The smallest absolute Gasteiger partial charge is 0.394 e. The second-order valence-electron chi connectivity index (χ2n) is 4.65. The average Bonchev–Trinajstić information content (AvgIpc) is 2.64. The Kier molecular flexibility index (Phi) is 3.89. The predicted molar refractivity (Wildman–Crippen MR) is 66.8 cm³/mol. The summed E-state index contributed by atoms with van der Waals surface area (Å²) in [6.07, 6.45) is -4.36. The van der Waals surface area contributed by atoms with Gasteiger partial charge in [-0.25, -0.2) is 0 Å². The van der Waals surface area contributed by atoms with Crippen LogP contribution in [0.4, 0.5) is 18.9 Å². The SMILES string of the molecule is CC1CC(=O)N(CCO)N1c1ccccc1C(F)(F)F. The Morgan fingerprint density at radius 3 is 2.60 bits per heavy atom. The number of aliphatic hydroxyl groups excluding tert-OH is 1. The lowest BCUT2D eigenvalue weighted by Crippen LogP contribution is -2.44. The highest BCUT2D eigenvalue weighted by atomic mass is 19.4. The number of hydrazine groups is 1. The maximum atomic E-state index is 13.1. The van der Waals surface area contributed by atoms with Crippen molar-refractivity contribution >= 4 is 11.6 Å². The maximum Gasteiger partial charge on any atom is 0.418 e. The zero-order valence-electron chi connectivity index (χ0n) is 10.9. The fourth-order valence-corrected chi connectivity index (χ4v) is 2.41. The number of para-hydroxylation sites is 1. The summed E-state index contributed by atoms with van der Waals surface area (Å²) < 4.78 is 39.2. The molecule has 110 valence electrons. The van der Waals surface area contributed by atoms with Gasteiger partial charge in [0, 0.05) is 0 Å². The molecular weight excluding hydrogens is 273 g/mol. The summed E-state index contributed by atoms with van der Waals surface area (Å²) in [4.78, 5) is 11.8. The van der Waals surface area contributed by atoms with Gasteiger partial charge in [-0.3, -0.25) is 14.8 Å². The number of carbonyl (C=O) groups is 1. The minimum Gasteiger partial charge on any atom is -0.394 e. The molecule has 20 heavy (non-hydrogen) atoms. The molecule has 7 heteroatoms. The van der Waals surface area contributed by atoms with Crippen LogP contribution < -0.4 is 5.01 Å². The van der Waals surface area contributed by atoms with Gasteiger partial charge < -0.3 is 5.11 Å². The maximum absolute atomic E-state index is 13.1. The molecule has 0 aromatic heterocycles. The molecule has 1 fully saturated rings. The number of amides is 1. The van der Waals surface area contributed by atoms with Crippen LogP contribution in [0.3, 0.4) is 0 Å². The van der Waals surface area contributed by atoms with Crippen molar-refractivity contribution in [2.45, 2.75) is 25.6 Å². The van der Waals surface area contributed by atoms with Gasteiger partial charge in [-0.05, 0) is 19.1 Å². The average molecular weight is 288 g/mol. The van der Waals surface area contributed by atoms with Gasteiger partial charge in [0.1, 0.15) is 0 Å². The third-order valence-corrected chi connectivity index (χ3v) is 3.20. The summed E-state index contributed by atoms with van der Waals surface area (Å²) in [5.41, 5.74) is -0.851. The van der Waals surface area contributed by atoms with Gasteiger partial charge in [-0.2, -0.15) is 13.2 Å². The van der Waals surface area contributed by atoms with Crippen LogP contribution in [-0.2, 0) is 11.0 Å². The van der Waals surface area contributed by atoms with Crippen molar-refractivity contribution < 1.29 is 23.1 Å². The number of hydrogen-bond donors (Lipinski definition) is 1. The lowest BCUT2D eigenvalue weighted by atomic mass is 10.1. The molecule has 0 bridgehead atoms. The molecule has 1 heterocycles. The van der Waals surface area contributed by atoms with Crippen LogP contribution in [0.1, 0.15) is 18.9 Å². The second-order valence-corrected chi connectivity index (χ2v) is 4.65. The van der Waals surface area contributed by atoms with Gasteiger partial charge >= 0.3 is 6.18 Å². The molecule has 0 saturated carbocycles. The molecule has 0 radical (unpaired) electrons. The standard InChI is InChI=1S/C13H15F3N2O2/c1-9-8-12(20)17(6-7-19)18(9)11-5-3-2-4-10(11)13(14,15)16/h2-5,9,19H,6-8H2,1H3. The normalized spacial score (nSPS) is 19.9. The number of β-amino-alcohol motifs (C(OH)–C–C–N with tert-alkyl or cyclic N) is 1. The summed E-state index contributed by atoms with van der Waals surface area (Å²) >= 11 is 0. The summed E-state index contributed by atoms with van der Waals surface area (Å²) in [5.74, 6) is -0.288. The largest absolute Gasteiger partial charge is 0.418 e. The van der Waals surface area contributed by atoms with Crippen molar-refractivity contribution in [3.05, 3.63) is 29.8 Å². The first-order valence-electron chi connectivity index (χ1n) is 6.23. The van der Waals surface area contributed by atoms with E-state index >= 15 is 0 Å². The molecule has 1 aliphatic rings. The van der Waals surface area contributed by atoms with Crippen molar-refractivity contribution in [3.8, 4) is 0 Å². The molecule has 4 nitrogen and oxygen atoms in total. The third kappa shape index (κ3) is 2.58. The van der Waals surface area contributed by atoms with Gasteiger partial charge in [0.2, 0.25) is 5.91 Å². The molecule has 1 N–H and O–H groups in total. The van der Waals surface area contributed by atoms with E-state index in [9.17, 15) is 18.0 Å². The molecule has 0 spiro atoms. The molecule has 1 aromatic carbocycles. The van der Waals surface area contributed by atoms with Crippen molar-refractivity contribution in [3.63, 3.8) is 0 Å². The monoisotopic (exact) mass is 288 g/mol. The highest BCUT2D eigenvalue weighted by Crippen LogP contribution is 2.39. The van der Waals surface area contributed by atoms with E-state index in [0.29, 0.717) is 0 Å². The highest BCUT2D eigenvalue weighted by Gasteiger charge is 2.41. The van der Waals surface area contributed by atoms with E-state index in [-0.39, 0.29) is 37.2 Å². The number of benzene rings is 1. The van der Waals surface area contributed by atoms with Crippen LogP contribution in [-0.4, -0.2) is 35.2 Å². The number of anilines is 1. The molecule has 1 aromatic rings. The summed E-state index contributed by atoms with van der Waals surface area (Å²) in [6.45, 7) is 1.36. The van der Waals surface area contributed by atoms with Gasteiger partial charge in [-0.15, -0.1) is 0 Å². The first kappa shape index (κ1) is 14.6. The zero-order chi connectivity index (χ0) is 14.9. The number of rotatable bonds is 3.